The van der Waals surface area contributed by atoms with Crippen molar-refractivity contribution in [2.75, 3.05) is 0 Å². The molecule has 0 unspecified atom stereocenters. The highest BCUT2D eigenvalue weighted by atomic mass is 19.4. The number of hydrogen-bond donors (Lipinski definition) is 0. The Morgan fingerprint density at radius 3 is 2.02 bits per heavy atom. The molecule has 3 aliphatic carbocycles. The summed E-state index contributed by atoms with van der Waals surface area (Å²) in [7, 11) is 0. The Morgan fingerprint density at radius 1 is 0.826 bits per heavy atom. The van der Waals surface area contributed by atoms with Crippen molar-refractivity contribution in [2.24, 2.45) is 5.92 Å². The average Bonchev–Trinajstić information content (AvgIpc) is 3.66. The van der Waals surface area contributed by atoms with Gasteiger partial charge in [0.1, 0.15) is 11.5 Å². The largest absolute Gasteiger partial charge is 0.435 e. The standard InChI is InChI=1S/C12H13F.C11H14F4N2.C11H15F3N2/c1-8(2)11-6-4-9-3-5-10(13)7-12(9)11;1-6(2)17-9-8(7(3)16-17)10(12,13)4-5-11(9,14)15;1-7(2)16-9-6-4-3-5-8(9)10(15-16)11(12,13)14/h3,5-8H,4H2,1-2H3;6H,4-5H2,1-3H3;7H,3-6H2,1-2H3. The molecule has 0 amide bonds. The lowest BCUT2D eigenvalue weighted by Crippen LogP contribution is -2.32. The van der Waals surface area contributed by atoms with Crippen molar-refractivity contribution in [3.63, 3.8) is 0 Å². The summed E-state index contributed by atoms with van der Waals surface area (Å²) in [4.78, 5) is 0. The molecule has 1 aromatic carbocycles. The maximum atomic E-state index is 13.8. The molecule has 2 heterocycles. The van der Waals surface area contributed by atoms with Gasteiger partial charge in [0, 0.05) is 36.2 Å². The zero-order valence-electron chi connectivity index (χ0n) is 27.3. The number of nitrogens with zero attached hydrogens (tertiary/aromatic N) is 4. The molecule has 0 saturated carbocycles. The first-order valence-corrected chi connectivity index (χ1v) is 15.8. The van der Waals surface area contributed by atoms with Crippen molar-refractivity contribution in [2.45, 2.75) is 124 Å². The molecular formula is C34H42F8N4. The summed E-state index contributed by atoms with van der Waals surface area (Å²) in [5, 5.41) is 7.59. The number of fused-ring (bicyclic) bond motifs is 3. The van der Waals surface area contributed by atoms with E-state index in [9.17, 15) is 35.1 Å². The van der Waals surface area contributed by atoms with E-state index in [0.717, 1.165) is 41.6 Å². The third kappa shape index (κ3) is 7.20. The lowest BCUT2D eigenvalue weighted by Gasteiger charge is -2.30. The van der Waals surface area contributed by atoms with Gasteiger partial charge >= 0.3 is 6.18 Å². The highest BCUT2D eigenvalue weighted by molar-refractivity contribution is 5.74. The molecule has 0 atom stereocenters. The molecule has 0 fully saturated rings. The highest BCUT2D eigenvalue weighted by Gasteiger charge is 2.53. The predicted octanol–water partition coefficient (Wildman–Crippen LogP) is 10.5. The lowest BCUT2D eigenvalue weighted by atomic mass is 9.89. The molecule has 0 aliphatic heterocycles. The minimum absolute atomic E-state index is 0.00178. The molecule has 6 rings (SSSR count). The highest BCUT2D eigenvalue weighted by Crippen LogP contribution is 2.51. The fourth-order valence-electron chi connectivity index (χ4n) is 6.42. The van der Waals surface area contributed by atoms with E-state index in [4.69, 9.17) is 0 Å². The maximum Gasteiger partial charge on any atom is 0.435 e. The number of hydrogen-bond acceptors (Lipinski definition) is 2. The van der Waals surface area contributed by atoms with Gasteiger partial charge in [-0.25, -0.2) is 13.2 Å². The number of halogens is 8. The molecule has 3 aromatic rings. The van der Waals surface area contributed by atoms with Gasteiger partial charge in [-0.1, -0.05) is 26.0 Å². The molecule has 254 valence electrons. The summed E-state index contributed by atoms with van der Waals surface area (Å²) in [5.74, 6) is -6.06. The zero-order valence-corrected chi connectivity index (χ0v) is 27.3. The van der Waals surface area contributed by atoms with Crippen molar-refractivity contribution in [1.82, 2.24) is 19.6 Å². The molecule has 0 radical (unpaired) electrons. The van der Waals surface area contributed by atoms with Crippen LogP contribution < -0.4 is 0 Å². The number of alkyl halides is 7. The Morgan fingerprint density at radius 2 is 1.43 bits per heavy atom. The lowest BCUT2D eigenvalue weighted by molar-refractivity contribution is -0.142. The van der Waals surface area contributed by atoms with Gasteiger partial charge in [0.25, 0.3) is 11.8 Å². The molecular weight excluding hydrogens is 616 g/mol. The van der Waals surface area contributed by atoms with Crippen LogP contribution in [0.25, 0.3) is 5.57 Å². The van der Waals surface area contributed by atoms with Gasteiger partial charge in [-0.2, -0.15) is 32.1 Å². The molecule has 2 aromatic heterocycles. The first-order chi connectivity index (χ1) is 21.3. The van der Waals surface area contributed by atoms with Gasteiger partial charge in [-0.15, -0.1) is 0 Å². The molecule has 0 N–H and O–H groups in total. The third-order valence-corrected chi connectivity index (χ3v) is 8.55. The van der Waals surface area contributed by atoms with Crippen LogP contribution in [0, 0.1) is 18.7 Å². The monoisotopic (exact) mass is 658 g/mol. The quantitative estimate of drug-likeness (QED) is 0.263. The van der Waals surface area contributed by atoms with Crippen molar-refractivity contribution in [3.05, 3.63) is 75.1 Å². The first kappa shape index (κ1) is 35.7. The average molecular weight is 659 g/mol. The number of allylic oxidation sites excluding steroid dienone is 2. The SMILES string of the molecule is CC(C)C1=CCc2ccc(F)cc21.CC(C)n1nc(C(F)(F)F)c2c1CCCC2.Cc1nn(C(C)C)c2c1C(F)(F)CCC2(F)F. The molecule has 0 spiro atoms. The molecule has 12 heteroatoms. The van der Waals surface area contributed by atoms with Crippen LogP contribution in [0.15, 0.2) is 24.3 Å². The Labute approximate surface area is 264 Å². The molecule has 0 bridgehead atoms. The van der Waals surface area contributed by atoms with Crippen molar-refractivity contribution >= 4 is 5.57 Å². The van der Waals surface area contributed by atoms with Gasteiger partial charge in [0.15, 0.2) is 5.69 Å². The first-order valence-electron chi connectivity index (χ1n) is 15.8. The van der Waals surface area contributed by atoms with Crippen molar-refractivity contribution in [3.8, 4) is 0 Å². The van der Waals surface area contributed by atoms with Crippen LogP contribution in [0.1, 0.15) is 124 Å². The molecule has 3 aliphatic rings. The van der Waals surface area contributed by atoms with E-state index in [2.05, 4.69) is 30.1 Å². The molecule has 46 heavy (non-hydrogen) atoms. The van der Waals surface area contributed by atoms with E-state index < -0.39 is 47.8 Å². The van der Waals surface area contributed by atoms with Gasteiger partial charge in [-0.3, -0.25) is 9.36 Å². The summed E-state index contributed by atoms with van der Waals surface area (Å²) in [6, 6.07) is 4.70. The predicted molar refractivity (Wildman–Crippen MR) is 162 cm³/mol. The van der Waals surface area contributed by atoms with Crippen LogP contribution in [0.2, 0.25) is 0 Å². The van der Waals surface area contributed by atoms with Crippen LogP contribution in [0.3, 0.4) is 0 Å². The van der Waals surface area contributed by atoms with Gasteiger partial charge in [0.2, 0.25) is 0 Å². The van der Waals surface area contributed by atoms with Gasteiger partial charge < -0.3 is 0 Å². The summed E-state index contributed by atoms with van der Waals surface area (Å²) < 4.78 is 109. The topological polar surface area (TPSA) is 35.6 Å². The second-order valence-electron chi connectivity index (χ2n) is 13.1. The number of aromatic nitrogens is 4. The smallest absolute Gasteiger partial charge is 0.266 e. The number of benzene rings is 1. The minimum Gasteiger partial charge on any atom is -0.266 e. The van der Waals surface area contributed by atoms with E-state index in [-0.39, 0.29) is 23.6 Å². The van der Waals surface area contributed by atoms with E-state index in [1.165, 1.54) is 28.8 Å². The minimum atomic E-state index is -4.32. The van der Waals surface area contributed by atoms with Gasteiger partial charge in [0.05, 0.1) is 11.3 Å². The summed E-state index contributed by atoms with van der Waals surface area (Å²) in [5.41, 5.74) is 2.99. The normalized spacial score (nSPS) is 17.9. The van der Waals surface area contributed by atoms with Crippen LogP contribution in [0.4, 0.5) is 35.1 Å². The van der Waals surface area contributed by atoms with E-state index in [1.807, 2.05) is 19.9 Å². The van der Waals surface area contributed by atoms with E-state index >= 15 is 0 Å². The Kier molecular flexibility index (Phi) is 10.2. The maximum absolute atomic E-state index is 13.8. The van der Waals surface area contributed by atoms with Crippen molar-refractivity contribution < 1.29 is 35.1 Å². The second kappa shape index (κ2) is 13.1. The summed E-state index contributed by atoms with van der Waals surface area (Å²) in [6.45, 7) is 12.7. The summed E-state index contributed by atoms with van der Waals surface area (Å²) >= 11 is 0. The summed E-state index contributed by atoms with van der Waals surface area (Å²) in [6.07, 6.45) is 0.220. The van der Waals surface area contributed by atoms with E-state index in [0.29, 0.717) is 17.9 Å². The Balaban J connectivity index is 0.000000158. The Bertz CT molecular complexity index is 1570. The van der Waals surface area contributed by atoms with E-state index in [1.54, 1.807) is 19.9 Å². The second-order valence-corrected chi connectivity index (χ2v) is 13.1. The number of aryl methyl sites for hydroxylation is 1. The zero-order chi connectivity index (χ0) is 34.4. The molecule has 4 nitrogen and oxygen atoms in total. The van der Waals surface area contributed by atoms with Crippen LogP contribution in [0.5, 0.6) is 0 Å². The Hall–Kier alpha value is -3.18. The van der Waals surface area contributed by atoms with Crippen LogP contribution in [-0.4, -0.2) is 19.6 Å². The van der Waals surface area contributed by atoms with Crippen LogP contribution in [-0.2, 0) is 37.3 Å². The number of rotatable bonds is 3. The molecule has 0 saturated heterocycles. The fraction of sp³-hybridized carbons (Fsp3) is 0.588. The fourth-order valence-corrected chi connectivity index (χ4v) is 6.42. The third-order valence-electron chi connectivity index (χ3n) is 8.55. The van der Waals surface area contributed by atoms with Gasteiger partial charge in [-0.05, 0) is 101 Å². The van der Waals surface area contributed by atoms with Crippen molar-refractivity contribution in [1.29, 1.82) is 0 Å². The van der Waals surface area contributed by atoms with Crippen LogP contribution >= 0.6 is 0 Å².